The number of aryl methyl sites for hydroxylation is 1. The highest BCUT2D eigenvalue weighted by Crippen LogP contribution is 2.24. The molecule has 0 aliphatic carbocycles. The molecule has 4 heteroatoms. The van der Waals surface area contributed by atoms with E-state index in [1.54, 1.807) is 31.3 Å². The summed E-state index contributed by atoms with van der Waals surface area (Å²) < 4.78 is 18.6. The van der Waals surface area contributed by atoms with Crippen LogP contribution in [0.25, 0.3) is 11.3 Å². The van der Waals surface area contributed by atoms with E-state index >= 15 is 0 Å². The minimum atomic E-state index is -0.310. The smallest absolute Gasteiger partial charge is 0.293 e. The summed E-state index contributed by atoms with van der Waals surface area (Å²) in [7, 11) is 1.70. The van der Waals surface area contributed by atoms with Crippen LogP contribution in [-0.2, 0) is 0 Å². The minimum Gasteiger partial charge on any atom is -0.451 e. The van der Waals surface area contributed by atoms with Crippen LogP contribution in [0.3, 0.4) is 0 Å². The molecule has 0 N–H and O–H groups in total. The molecule has 0 spiro atoms. The van der Waals surface area contributed by atoms with E-state index in [1.807, 2.05) is 31.2 Å². The van der Waals surface area contributed by atoms with Gasteiger partial charge in [0.2, 0.25) is 0 Å². The number of hydrogen-bond acceptors (Lipinski definition) is 2. The lowest BCUT2D eigenvalue weighted by Crippen LogP contribution is -2.25. The zero-order valence-corrected chi connectivity index (χ0v) is 12.9. The minimum absolute atomic E-state index is 0.234. The third-order valence-corrected chi connectivity index (χ3v) is 3.67. The number of nitrogens with zero attached hydrogens (tertiary/aromatic N) is 1. The largest absolute Gasteiger partial charge is 0.451 e. The molecule has 23 heavy (non-hydrogen) atoms. The highest BCUT2D eigenvalue weighted by Gasteiger charge is 2.18. The summed E-state index contributed by atoms with van der Waals surface area (Å²) in [5.41, 5.74) is 2.65. The van der Waals surface area contributed by atoms with E-state index in [4.69, 9.17) is 4.42 Å². The third-order valence-electron chi connectivity index (χ3n) is 3.67. The van der Waals surface area contributed by atoms with Gasteiger partial charge in [0.25, 0.3) is 5.91 Å². The van der Waals surface area contributed by atoms with Crippen LogP contribution < -0.4 is 4.90 Å². The third kappa shape index (κ3) is 3.16. The highest BCUT2D eigenvalue weighted by molar-refractivity contribution is 6.04. The van der Waals surface area contributed by atoms with Gasteiger partial charge < -0.3 is 9.32 Å². The van der Waals surface area contributed by atoms with Gasteiger partial charge >= 0.3 is 0 Å². The summed E-state index contributed by atoms with van der Waals surface area (Å²) in [6, 6.07) is 17.0. The summed E-state index contributed by atoms with van der Waals surface area (Å²) in [5.74, 6) is 0.232. The molecule has 0 aliphatic heterocycles. The van der Waals surface area contributed by atoms with Gasteiger partial charge in [-0.05, 0) is 55.5 Å². The number of anilines is 1. The summed E-state index contributed by atoms with van der Waals surface area (Å²) >= 11 is 0. The van der Waals surface area contributed by atoms with Crippen LogP contribution in [0.15, 0.2) is 65.1 Å². The Morgan fingerprint density at radius 3 is 2.26 bits per heavy atom. The van der Waals surface area contributed by atoms with Crippen LogP contribution >= 0.6 is 0 Å². The lowest BCUT2D eigenvalue weighted by atomic mass is 10.2. The predicted molar refractivity (Wildman–Crippen MR) is 88.0 cm³/mol. The number of hydrogen-bond donors (Lipinski definition) is 0. The maximum Gasteiger partial charge on any atom is 0.293 e. The first-order valence-electron chi connectivity index (χ1n) is 7.25. The van der Waals surface area contributed by atoms with E-state index in [9.17, 15) is 9.18 Å². The molecule has 2 aromatic carbocycles. The first kappa shape index (κ1) is 15.0. The SMILES string of the molecule is Cc1ccc(N(C)C(=O)c2ccc(-c3ccc(F)cc3)o2)cc1. The van der Waals surface area contributed by atoms with Crippen molar-refractivity contribution in [2.45, 2.75) is 6.92 Å². The first-order valence-corrected chi connectivity index (χ1v) is 7.25. The average molecular weight is 309 g/mol. The second-order valence-corrected chi connectivity index (χ2v) is 5.37. The Morgan fingerprint density at radius 2 is 1.61 bits per heavy atom. The van der Waals surface area contributed by atoms with Crippen LogP contribution in [0, 0.1) is 12.7 Å². The van der Waals surface area contributed by atoms with Crippen LogP contribution in [-0.4, -0.2) is 13.0 Å². The molecular weight excluding hydrogens is 293 g/mol. The molecule has 0 fully saturated rings. The van der Waals surface area contributed by atoms with Crippen molar-refractivity contribution in [2.75, 3.05) is 11.9 Å². The number of halogens is 1. The summed E-state index contributed by atoms with van der Waals surface area (Å²) in [4.78, 5) is 14.0. The topological polar surface area (TPSA) is 33.5 Å². The maximum absolute atomic E-state index is 13.0. The molecule has 116 valence electrons. The number of furan rings is 1. The van der Waals surface area contributed by atoms with Gasteiger partial charge in [-0.2, -0.15) is 0 Å². The zero-order chi connectivity index (χ0) is 16.4. The van der Waals surface area contributed by atoms with E-state index in [0.717, 1.165) is 16.8 Å². The van der Waals surface area contributed by atoms with Gasteiger partial charge in [-0.25, -0.2) is 4.39 Å². The number of benzene rings is 2. The van der Waals surface area contributed by atoms with Gasteiger partial charge in [-0.15, -0.1) is 0 Å². The molecule has 0 atom stereocenters. The fourth-order valence-corrected chi connectivity index (χ4v) is 2.27. The van der Waals surface area contributed by atoms with Gasteiger partial charge in [-0.3, -0.25) is 4.79 Å². The first-order chi connectivity index (χ1) is 11.0. The van der Waals surface area contributed by atoms with Crippen molar-refractivity contribution < 1.29 is 13.6 Å². The molecule has 1 aromatic heterocycles. The molecule has 0 saturated carbocycles. The summed E-state index contributed by atoms with van der Waals surface area (Å²) in [6.45, 7) is 1.99. The number of carbonyl (C=O) groups is 1. The van der Waals surface area contributed by atoms with E-state index in [1.165, 1.54) is 17.0 Å². The molecule has 1 heterocycles. The van der Waals surface area contributed by atoms with Crippen molar-refractivity contribution >= 4 is 11.6 Å². The van der Waals surface area contributed by atoms with Crippen molar-refractivity contribution in [2.24, 2.45) is 0 Å². The Kier molecular flexibility index (Phi) is 3.98. The monoisotopic (exact) mass is 309 g/mol. The normalized spacial score (nSPS) is 10.6. The number of amides is 1. The number of rotatable bonds is 3. The maximum atomic E-state index is 13.0. The molecule has 0 aliphatic rings. The van der Waals surface area contributed by atoms with Gasteiger partial charge in [0.05, 0.1) is 0 Å². The second-order valence-electron chi connectivity index (χ2n) is 5.37. The van der Waals surface area contributed by atoms with Crippen molar-refractivity contribution in [3.05, 3.63) is 77.8 Å². The quantitative estimate of drug-likeness (QED) is 0.704. The fraction of sp³-hybridized carbons (Fsp3) is 0.105. The van der Waals surface area contributed by atoms with Gasteiger partial charge in [0, 0.05) is 18.3 Å². The lowest BCUT2D eigenvalue weighted by molar-refractivity contribution is 0.0967. The van der Waals surface area contributed by atoms with Crippen molar-refractivity contribution in [1.82, 2.24) is 0 Å². The Labute approximate surface area is 134 Å². The van der Waals surface area contributed by atoms with Crippen molar-refractivity contribution in [1.29, 1.82) is 0 Å². The van der Waals surface area contributed by atoms with Crippen molar-refractivity contribution in [3.8, 4) is 11.3 Å². The molecule has 3 nitrogen and oxygen atoms in total. The predicted octanol–water partition coefficient (Wildman–Crippen LogP) is 4.67. The Balaban J connectivity index is 1.83. The van der Waals surface area contributed by atoms with Crippen molar-refractivity contribution in [3.63, 3.8) is 0 Å². The fourth-order valence-electron chi connectivity index (χ4n) is 2.27. The Hall–Kier alpha value is -2.88. The lowest BCUT2D eigenvalue weighted by Gasteiger charge is -2.16. The highest BCUT2D eigenvalue weighted by atomic mass is 19.1. The van der Waals surface area contributed by atoms with Crippen LogP contribution in [0.4, 0.5) is 10.1 Å². The Morgan fingerprint density at radius 1 is 0.957 bits per heavy atom. The van der Waals surface area contributed by atoms with Gasteiger partial charge in [-0.1, -0.05) is 17.7 Å². The number of carbonyl (C=O) groups excluding carboxylic acids is 1. The van der Waals surface area contributed by atoms with E-state index in [0.29, 0.717) is 5.76 Å². The standard InChI is InChI=1S/C19H16FNO2/c1-13-3-9-16(10-4-13)21(2)19(22)18-12-11-17(23-18)14-5-7-15(20)8-6-14/h3-12H,1-2H3. The molecular formula is C19H16FNO2. The van der Waals surface area contributed by atoms with Crippen LogP contribution in [0.1, 0.15) is 16.1 Å². The Bertz CT molecular complexity index is 819. The molecule has 3 aromatic rings. The summed E-state index contributed by atoms with van der Waals surface area (Å²) in [5, 5.41) is 0. The van der Waals surface area contributed by atoms with Crippen LogP contribution in [0.5, 0.6) is 0 Å². The second kappa shape index (κ2) is 6.08. The average Bonchev–Trinajstić information content (AvgIpc) is 3.05. The molecule has 1 amide bonds. The van der Waals surface area contributed by atoms with Gasteiger partial charge in [0.1, 0.15) is 11.6 Å². The zero-order valence-electron chi connectivity index (χ0n) is 12.9. The van der Waals surface area contributed by atoms with E-state index in [-0.39, 0.29) is 17.5 Å². The molecule has 0 unspecified atom stereocenters. The van der Waals surface area contributed by atoms with E-state index in [2.05, 4.69) is 0 Å². The van der Waals surface area contributed by atoms with E-state index < -0.39 is 0 Å². The molecule has 0 bridgehead atoms. The molecule has 3 rings (SSSR count). The van der Waals surface area contributed by atoms with Crippen LogP contribution in [0.2, 0.25) is 0 Å². The molecule has 0 saturated heterocycles. The summed E-state index contributed by atoms with van der Waals surface area (Å²) in [6.07, 6.45) is 0. The van der Waals surface area contributed by atoms with Gasteiger partial charge in [0.15, 0.2) is 5.76 Å². The molecule has 0 radical (unpaired) electrons.